The Hall–Kier alpha value is -4.35. The molecule has 2 aliphatic rings. The van der Waals surface area contributed by atoms with Gasteiger partial charge in [-0.1, -0.05) is 38.8 Å². The first kappa shape index (κ1) is 39.4. The van der Waals surface area contributed by atoms with Gasteiger partial charge in [-0.25, -0.2) is 14.6 Å². The van der Waals surface area contributed by atoms with Crippen molar-refractivity contribution in [2.75, 3.05) is 31.7 Å². The number of hydrogen-bond acceptors (Lipinski definition) is 9. The number of pyridine rings is 1. The van der Waals surface area contributed by atoms with Crippen LogP contribution in [0.3, 0.4) is 0 Å². The molecule has 51 heavy (non-hydrogen) atoms. The monoisotopic (exact) mass is 708 g/mol. The van der Waals surface area contributed by atoms with Crippen LogP contribution in [0.2, 0.25) is 0 Å². The Bertz CT molecular complexity index is 1520. The lowest BCUT2D eigenvalue weighted by Crippen LogP contribution is -2.66. The summed E-state index contributed by atoms with van der Waals surface area (Å²) in [7, 11) is 0. The van der Waals surface area contributed by atoms with Gasteiger partial charge in [-0.3, -0.25) is 19.8 Å². The first-order chi connectivity index (χ1) is 24.4. The third-order valence-corrected chi connectivity index (χ3v) is 9.37. The highest BCUT2D eigenvalue weighted by atomic mass is 16.6. The summed E-state index contributed by atoms with van der Waals surface area (Å²) in [5.41, 5.74) is -2.28. The Morgan fingerprint density at radius 3 is 2.45 bits per heavy atom. The number of esters is 1. The van der Waals surface area contributed by atoms with E-state index in [1.807, 2.05) is 56.9 Å². The third-order valence-electron chi connectivity index (χ3n) is 9.37. The minimum absolute atomic E-state index is 0.0891. The summed E-state index contributed by atoms with van der Waals surface area (Å²) in [5.74, 6) is 0.244. The van der Waals surface area contributed by atoms with Crippen molar-refractivity contribution in [2.45, 2.75) is 128 Å². The predicted octanol–water partition coefficient (Wildman–Crippen LogP) is 7.79. The normalized spacial score (nSPS) is 17.9. The molecule has 0 bridgehead atoms. The van der Waals surface area contributed by atoms with Crippen molar-refractivity contribution in [1.82, 2.24) is 14.8 Å². The number of fused-ring (bicyclic) bond motifs is 1. The molecule has 3 amide bonds. The molecular weight excluding hydrogens is 652 g/mol. The topological polar surface area (TPSA) is 137 Å². The maximum Gasteiger partial charge on any atom is 0.413 e. The largest absolute Gasteiger partial charge is 0.493 e. The van der Waals surface area contributed by atoms with E-state index < -0.39 is 29.3 Å². The number of hydrogen-bond donors (Lipinski definition) is 1. The van der Waals surface area contributed by atoms with Crippen LogP contribution in [0.4, 0.5) is 15.4 Å². The number of anilines is 1. The molecule has 12 heteroatoms. The molecule has 4 rings (SSSR count). The number of rotatable bonds is 14. The standard InChI is InChI=1S/C39H56N4O8/c1-7-23-49-33(44)27-39(6,43(30-15-10-9-11-16-30)37(47)51-38(3,4)5)35(45)42-22-13-12-14-29(42)20-25-48-31-17-18-32-28(26-31)19-21-40-34(32)41-36(46)50-24-8-2/h8,17-19,21,26,29-30H,2,7,9-16,20,22-25,27H2,1,3-6H3,(H,40,41,46)/t29?,39-/m1/s1. The summed E-state index contributed by atoms with van der Waals surface area (Å²) >= 11 is 0. The summed E-state index contributed by atoms with van der Waals surface area (Å²) < 4.78 is 22.7. The number of ether oxygens (including phenoxy) is 4. The predicted molar refractivity (Wildman–Crippen MR) is 196 cm³/mol. The Balaban J connectivity index is 1.54. The van der Waals surface area contributed by atoms with Crippen LogP contribution in [0.25, 0.3) is 10.8 Å². The van der Waals surface area contributed by atoms with Gasteiger partial charge in [0.2, 0.25) is 5.91 Å². The Morgan fingerprint density at radius 2 is 1.75 bits per heavy atom. The number of amides is 3. The van der Waals surface area contributed by atoms with Crippen molar-refractivity contribution in [3.05, 3.63) is 43.1 Å². The third kappa shape index (κ3) is 10.8. The first-order valence-electron chi connectivity index (χ1n) is 18.4. The van der Waals surface area contributed by atoms with Gasteiger partial charge in [0.05, 0.1) is 19.6 Å². The minimum Gasteiger partial charge on any atom is -0.493 e. The van der Waals surface area contributed by atoms with Gasteiger partial charge < -0.3 is 23.8 Å². The number of aromatic nitrogens is 1. The zero-order valence-corrected chi connectivity index (χ0v) is 31.0. The summed E-state index contributed by atoms with van der Waals surface area (Å²) in [6.07, 6.45) is 9.82. The van der Waals surface area contributed by atoms with Crippen LogP contribution in [0, 0.1) is 0 Å². The van der Waals surface area contributed by atoms with E-state index in [0.717, 1.165) is 62.1 Å². The van der Waals surface area contributed by atoms with Crippen molar-refractivity contribution in [1.29, 1.82) is 0 Å². The quantitative estimate of drug-likeness (QED) is 0.118. The molecule has 0 spiro atoms. The molecule has 2 heterocycles. The second kappa shape index (κ2) is 18.2. The van der Waals surface area contributed by atoms with E-state index >= 15 is 0 Å². The van der Waals surface area contributed by atoms with Crippen molar-refractivity contribution in [2.24, 2.45) is 0 Å². The van der Waals surface area contributed by atoms with E-state index in [1.54, 1.807) is 18.0 Å². The number of benzene rings is 1. The van der Waals surface area contributed by atoms with Crippen LogP contribution < -0.4 is 10.1 Å². The van der Waals surface area contributed by atoms with E-state index in [-0.39, 0.29) is 37.6 Å². The molecule has 12 nitrogen and oxygen atoms in total. The van der Waals surface area contributed by atoms with E-state index in [1.165, 1.54) is 6.08 Å². The fourth-order valence-corrected chi connectivity index (χ4v) is 7.02. The molecule has 0 radical (unpaired) electrons. The highest BCUT2D eigenvalue weighted by Crippen LogP contribution is 2.36. The average Bonchev–Trinajstić information content (AvgIpc) is 3.09. The smallest absolute Gasteiger partial charge is 0.413 e. The van der Waals surface area contributed by atoms with Gasteiger partial charge in [-0.05, 0) is 95.9 Å². The number of nitrogens with one attached hydrogen (secondary N) is 1. The van der Waals surface area contributed by atoms with Gasteiger partial charge in [-0.15, -0.1) is 0 Å². The molecule has 1 aliphatic carbocycles. The molecular formula is C39H56N4O8. The molecule has 280 valence electrons. The van der Waals surface area contributed by atoms with Crippen LogP contribution in [0.15, 0.2) is 43.1 Å². The van der Waals surface area contributed by atoms with Gasteiger partial charge in [0.1, 0.15) is 29.3 Å². The summed E-state index contributed by atoms with van der Waals surface area (Å²) in [6, 6.07) is 6.98. The molecule has 2 fully saturated rings. The Morgan fingerprint density at radius 1 is 1.00 bits per heavy atom. The second-order valence-corrected chi connectivity index (χ2v) is 14.7. The van der Waals surface area contributed by atoms with E-state index in [4.69, 9.17) is 18.9 Å². The molecule has 1 aliphatic heterocycles. The van der Waals surface area contributed by atoms with Gasteiger partial charge in [0, 0.05) is 36.6 Å². The maximum absolute atomic E-state index is 14.9. The Labute approximate surface area is 302 Å². The van der Waals surface area contributed by atoms with Gasteiger partial charge >= 0.3 is 18.2 Å². The lowest BCUT2D eigenvalue weighted by Gasteiger charge is -2.49. The number of likely N-dealkylation sites (tertiary alicyclic amines) is 1. The second-order valence-electron chi connectivity index (χ2n) is 14.7. The molecule has 2 aromatic rings. The van der Waals surface area contributed by atoms with Crippen molar-refractivity contribution in [3.63, 3.8) is 0 Å². The molecule has 1 aromatic carbocycles. The Kier molecular flexibility index (Phi) is 14.1. The molecule has 1 saturated heterocycles. The molecule has 1 aromatic heterocycles. The fraction of sp³-hybridized carbons (Fsp3) is 0.615. The van der Waals surface area contributed by atoms with Crippen molar-refractivity contribution < 1.29 is 38.1 Å². The highest BCUT2D eigenvalue weighted by molar-refractivity contribution is 5.98. The maximum atomic E-state index is 14.9. The zero-order chi connectivity index (χ0) is 37.0. The molecule has 1 unspecified atom stereocenters. The van der Waals surface area contributed by atoms with Gasteiger partial charge in [0.15, 0.2) is 0 Å². The van der Waals surface area contributed by atoms with Crippen LogP contribution in [0.1, 0.15) is 105 Å². The van der Waals surface area contributed by atoms with Crippen LogP contribution in [-0.2, 0) is 23.8 Å². The fourth-order valence-electron chi connectivity index (χ4n) is 7.02. The lowest BCUT2D eigenvalue weighted by molar-refractivity contribution is -0.159. The number of carbonyl (C=O) groups is 4. The number of piperidine rings is 1. The molecule has 1 saturated carbocycles. The van der Waals surface area contributed by atoms with Crippen molar-refractivity contribution in [3.8, 4) is 5.75 Å². The average molecular weight is 709 g/mol. The number of carbonyl (C=O) groups excluding carboxylic acids is 4. The molecule has 1 N–H and O–H groups in total. The lowest BCUT2D eigenvalue weighted by atomic mass is 9.85. The SMILES string of the molecule is C=CCOC(=O)Nc1nccc2cc(OCCC3CCCCN3C(=O)[C@@](C)(CC(=O)OCCC)N(C(=O)OC(C)(C)C)C3CCCCC3)ccc12. The molecule has 2 atom stereocenters. The summed E-state index contributed by atoms with van der Waals surface area (Å²) in [6.45, 7) is 13.8. The van der Waals surface area contributed by atoms with Crippen LogP contribution in [0.5, 0.6) is 5.75 Å². The van der Waals surface area contributed by atoms with E-state index in [2.05, 4.69) is 16.9 Å². The minimum atomic E-state index is -1.50. The zero-order valence-electron chi connectivity index (χ0n) is 31.0. The summed E-state index contributed by atoms with van der Waals surface area (Å²) in [5, 5.41) is 4.22. The van der Waals surface area contributed by atoms with Crippen molar-refractivity contribution >= 4 is 40.7 Å². The highest BCUT2D eigenvalue weighted by Gasteiger charge is 2.51. The van der Waals surface area contributed by atoms with Crippen LogP contribution >= 0.6 is 0 Å². The number of nitrogens with zero attached hydrogens (tertiary/aromatic N) is 3. The first-order valence-corrected chi connectivity index (χ1v) is 18.4. The summed E-state index contributed by atoms with van der Waals surface area (Å²) in [4.78, 5) is 62.1. The van der Waals surface area contributed by atoms with E-state index in [9.17, 15) is 19.2 Å². The van der Waals surface area contributed by atoms with E-state index in [0.29, 0.717) is 37.6 Å². The van der Waals surface area contributed by atoms with Gasteiger partial charge in [0.25, 0.3) is 0 Å². The van der Waals surface area contributed by atoms with Crippen LogP contribution in [-0.4, -0.2) is 88.4 Å². The van der Waals surface area contributed by atoms with Gasteiger partial charge in [-0.2, -0.15) is 0 Å².